The highest BCUT2D eigenvalue weighted by atomic mass is 32.2. The lowest BCUT2D eigenvalue weighted by molar-refractivity contribution is 0.547. The quantitative estimate of drug-likeness (QED) is 0.242. The van der Waals surface area contributed by atoms with E-state index in [4.69, 9.17) is 0 Å². The van der Waals surface area contributed by atoms with E-state index in [9.17, 15) is 0 Å². The minimum absolute atomic E-state index is 0.383. The van der Waals surface area contributed by atoms with E-state index in [2.05, 4.69) is 165 Å². The van der Waals surface area contributed by atoms with Crippen LogP contribution in [0, 0.1) is 11.8 Å². The van der Waals surface area contributed by atoms with Crippen molar-refractivity contribution in [3.8, 4) is 0 Å². The van der Waals surface area contributed by atoms with E-state index in [0.717, 1.165) is 18.6 Å². The maximum atomic E-state index is 2.60. The molecule has 5 atom stereocenters. The van der Waals surface area contributed by atoms with Crippen molar-refractivity contribution >= 4 is 34.9 Å². The summed E-state index contributed by atoms with van der Waals surface area (Å²) in [5.74, 6) is 1.94. The van der Waals surface area contributed by atoms with Gasteiger partial charge in [-0.25, -0.2) is 0 Å². The van der Waals surface area contributed by atoms with Crippen molar-refractivity contribution in [2.45, 2.75) is 71.2 Å². The summed E-state index contributed by atoms with van der Waals surface area (Å²) in [4.78, 5) is 5.17. The van der Waals surface area contributed by atoms with Crippen LogP contribution in [0.5, 0.6) is 0 Å². The van der Waals surface area contributed by atoms with Crippen LogP contribution in [0.25, 0.3) is 6.08 Å². The van der Waals surface area contributed by atoms with Crippen LogP contribution in [0.1, 0.15) is 57.7 Å². The Hall–Kier alpha value is -3.43. The van der Waals surface area contributed by atoms with Gasteiger partial charge in [-0.15, -0.1) is 0 Å². The van der Waals surface area contributed by atoms with Crippen LogP contribution >= 0.6 is 11.8 Å². The predicted octanol–water partition coefficient (Wildman–Crippen LogP) is 10.4. The van der Waals surface area contributed by atoms with Crippen molar-refractivity contribution in [1.82, 2.24) is 0 Å². The van der Waals surface area contributed by atoms with Gasteiger partial charge in [-0.05, 0) is 101 Å². The summed E-state index contributed by atoms with van der Waals surface area (Å²) in [7, 11) is 0. The Morgan fingerprint density at radius 3 is 2.33 bits per heavy atom. The number of fused-ring (bicyclic) bond motifs is 2. The lowest BCUT2D eigenvalue weighted by Gasteiger charge is -2.38. The summed E-state index contributed by atoms with van der Waals surface area (Å²) in [5.41, 5.74) is 11.2. The molecule has 2 heterocycles. The smallest absolute Gasteiger partial charge is 0.0486 e. The van der Waals surface area contributed by atoms with Crippen molar-refractivity contribution in [3.63, 3.8) is 0 Å². The summed E-state index contributed by atoms with van der Waals surface area (Å²) in [6, 6.07) is 27.8. The van der Waals surface area contributed by atoms with Gasteiger partial charge in [0.15, 0.2) is 0 Å². The van der Waals surface area contributed by atoms with Crippen LogP contribution < -0.4 is 9.80 Å². The molecule has 0 saturated carbocycles. The highest BCUT2D eigenvalue weighted by Crippen LogP contribution is 2.43. The number of anilines is 3. The fourth-order valence-electron chi connectivity index (χ4n) is 7.19. The molecule has 0 spiro atoms. The molecule has 3 aliphatic rings. The highest BCUT2D eigenvalue weighted by Gasteiger charge is 2.34. The molecule has 1 aliphatic carbocycles. The van der Waals surface area contributed by atoms with Gasteiger partial charge >= 0.3 is 0 Å². The average molecular weight is 587 g/mol. The van der Waals surface area contributed by atoms with Crippen LogP contribution in [-0.4, -0.2) is 23.1 Å². The van der Waals surface area contributed by atoms with Crippen molar-refractivity contribution in [1.29, 1.82) is 0 Å². The van der Waals surface area contributed by atoms with Crippen LogP contribution in [0.4, 0.5) is 17.1 Å². The number of aryl methyl sites for hydroxylation is 1. The summed E-state index contributed by atoms with van der Waals surface area (Å²) in [6.45, 7) is 11.6. The fourth-order valence-corrected chi connectivity index (χ4v) is 8.35. The Morgan fingerprint density at radius 2 is 1.56 bits per heavy atom. The number of nitrogens with zero attached hydrogens (tertiary/aromatic N) is 2. The molecular weight excluding hydrogens is 541 g/mol. The van der Waals surface area contributed by atoms with Crippen molar-refractivity contribution < 1.29 is 0 Å². The first-order chi connectivity index (χ1) is 21.0. The Kier molecular flexibility index (Phi) is 9.00. The van der Waals surface area contributed by atoms with Gasteiger partial charge in [-0.1, -0.05) is 90.6 Å². The minimum Gasteiger partial charge on any atom is -0.341 e. The molecule has 0 aromatic heterocycles. The van der Waals surface area contributed by atoms with Gasteiger partial charge in [0.05, 0.1) is 0 Å². The molecule has 3 aromatic rings. The number of para-hydroxylation sites is 3. The van der Waals surface area contributed by atoms with Gasteiger partial charge in [0, 0.05) is 51.8 Å². The van der Waals surface area contributed by atoms with Gasteiger partial charge in [0.1, 0.15) is 0 Å². The summed E-state index contributed by atoms with van der Waals surface area (Å²) < 4.78 is 0. The van der Waals surface area contributed by atoms with E-state index in [1.807, 2.05) is 0 Å². The number of hydrogen-bond acceptors (Lipinski definition) is 3. The molecule has 0 amide bonds. The zero-order chi connectivity index (χ0) is 29.9. The Morgan fingerprint density at radius 1 is 0.884 bits per heavy atom. The molecule has 222 valence electrons. The normalized spacial score (nSPS) is 24.2. The minimum atomic E-state index is 0.383. The van der Waals surface area contributed by atoms with Crippen molar-refractivity contribution in [2.75, 3.05) is 15.6 Å². The lowest BCUT2D eigenvalue weighted by atomic mass is 9.85. The SMILES string of the molecule is C/C=C\C1C(N2c3ccccc3CC2C)=CC=CC1CSC(C)/C(C)=C\c1ccccc1N1c2ccccc2CCC1C. The second kappa shape index (κ2) is 13.1. The van der Waals surface area contributed by atoms with E-state index in [1.165, 1.54) is 51.4 Å². The molecule has 3 heteroatoms. The Bertz CT molecular complexity index is 1560. The van der Waals surface area contributed by atoms with Gasteiger partial charge < -0.3 is 9.80 Å². The van der Waals surface area contributed by atoms with Crippen LogP contribution in [0.3, 0.4) is 0 Å². The van der Waals surface area contributed by atoms with E-state index >= 15 is 0 Å². The number of thioether (sulfide) groups is 1. The molecule has 0 bridgehead atoms. The first-order valence-electron chi connectivity index (χ1n) is 16.1. The summed E-state index contributed by atoms with van der Waals surface area (Å²) in [5, 5.41) is 0.430. The zero-order valence-corrected chi connectivity index (χ0v) is 27.2. The van der Waals surface area contributed by atoms with Gasteiger partial charge in [0.2, 0.25) is 0 Å². The maximum Gasteiger partial charge on any atom is 0.0486 e. The molecule has 0 fully saturated rings. The van der Waals surface area contributed by atoms with Crippen LogP contribution in [0.15, 0.2) is 114 Å². The second-order valence-electron chi connectivity index (χ2n) is 12.6. The third-order valence-electron chi connectivity index (χ3n) is 9.60. The second-order valence-corrected chi connectivity index (χ2v) is 13.9. The standard InChI is InChI=1S/C40H46N2S/c1-6-14-36-35(18-13-22-40(36)42-30(4)26-34-17-9-12-21-39(34)42)27-43-31(5)28(2)25-33-16-8-11-20-38(33)41-29(3)23-24-32-15-7-10-19-37(32)41/h6-22,25,29-31,35-36H,23-24,26-27H2,1-5H3/b14-6-,28-25-. The van der Waals surface area contributed by atoms with Crippen LogP contribution in [-0.2, 0) is 12.8 Å². The molecule has 2 nitrogen and oxygen atoms in total. The average Bonchev–Trinajstić information content (AvgIpc) is 3.36. The van der Waals surface area contributed by atoms with E-state index in [0.29, 0.717) is 29.2 Å². The predicted molar refractivity (Wildman–Crippen MR) is 189 cm³/mol. The molecule has 0 N–H and O–H groups in total. The number of rotatable bonds is 8. The number of hydrogen-bond donors (Lipinski definition) is 0. The molecule has 0 radical (unpaired) electrons. The summed E-state index contributed by atoms with van der Waals surface area (Å²) in [6.07, 6.45) is 17.6. The monoisotopic (exact) mass is 586 g/mol. The molecule has 6 rings (SSSR count). The lowest BCUT2D eigenvalue weighted by Crippen LogP contribution is -2.35. The van der Waals surface area contributed by atoms with Gasteiger partial charge in [-0.2, -0.15) is 11.8 Å². The molecular formula is C40H46N2S. The van der Waals surface area contributed by atoms with Gasteiger partial charge in [-0.3, -0.25) is 0 Å². The highest BCUT2D eigenvalue weighted by molar-refractivity contribution is 8.00. The number of allylic oxidation sites excluding steroid dienone is 5. The third-order valence-corrected chi connectivity index (χ3v) is 11.0. The molecule has 3 aromatic carbocycles. The Balaban J connectivity index is 1.19. The first kappa shape index (κ1) is 29.6. The number of benzene rings is 3. The fraction of sp³-hybridized carbons (Fsp3) is 0.350. The third kappa shape index (κ3) is 6.02. The Labute approximate surface area is 263 Å². The molecule has 43 heavy (non-hydrogen) atoms. The largest absolute Gasteiger partial charge is 0.341 e. The van der Waals surface area contributed by atoms with E-state index in [1.54, 1.807) is 0 Å². The van der Waals surface area contributed by atoms with E-state index in [-0.39, 0.29) is 0 Å². The molecule has 5 unspecified atom stereocenters. The molecule has 2 aliphatic heterocycles. The molecule has 0 saturated heterocycles. The van der Waals surface area contributed by atoms with Crippen molar-refractivity contribution in [2.24, 2.45) is 11.8 Å². The van der Waals surface area contributed by atoms with Gasteiger partial charge in [0.25, 0.3) is 0 Å². The first-order valence-corrected chi connectivity index (χ1v) is 17.2. The summed E-state index contributed by atoms with van der Waals surface area (Å²) >= 11 is 2.09. The van der Waals surface area contributed by atoms with Crippen LogP contribution in [0.2, 0.25) is 0 Å². The zero-order valence-electron chi connectivity index (χ0n) is 26.4. The maximum absolute atomic E-state index is 2.60. The van der Waals surface area contributed by atoms with E-state index < -0.39 is 0 Å². The topological polar surface area (TPSA) is 6.48 Å². The van der Waals surface area contributed by atoms with Crippen molar-refractivity contribution in [3.05, 3.63) is 131 Å².